The van der Waals surface area contributed by atoms with Gasteiger partial charge in [-0.3, -0.25) is 9.59 Å². The minimum atomic E-state index is -3.34. The molecule has 2 aliphatic heterocycles. The summed E-state index contributed by atoms with van der Waals surface area (Å²) in [7, 11) is -3.34. The zero-order chi connectivity index (χ0) is 15.8. The van der Waals surface area contributed by atoms with Gasteiger partial charge < -0.3 is 9.80 Å². The van der Waals surface area contributed by atoms with E-state index in [0.717, 1.165) is 0 Å². The van der Waals surface area contributed by atoms with Crippen LogP contribution < -0.4 is 0 Å². The van der Waals surface area contributed by atoms with Gasteiger partial charge in [-0.1, -0.05) is 0 Å². The van der Waals surface area contributed by atoms with Crippen molar-refractivity contribution in [2.24, 2.45) is 5.41 Å². The number of likely N-dealkylation sites (tertiary alicyclic amines) is 1. The van der Waals surface area contributed by atoms with Crippen LogP contribution in [0.15, 0.2) is 0 Å². The van der Waals surface area contributed by atoms with E-state index in [4.69, 9.17) is 0 Å². The molecule has 1 spiro atoms. The Bertz CT molecular complexity index is 548. The van der Waals surface area contributed by atoms with E-state index in [1.165, 1.54) is 17.5 Å². The number of carbonyl (C=O) groups excluding carboxylic acids is 2. The highest BCUT2D eigenvalue weighted by molar-refractivity contribution is 7.88. The van der Waals surface area contributed by atoms with Gasteiger partial charge in [-0.15, -0.1) is 0 Å². The maximum Gasteiger partial charge on any atom is 0.223 e. The van der Waals surface area contributed by atoms with Gasteiger partial charge in [-0.05, 0) is 6.92 Å². The summed E-state index contributed by atoms with van der Waals surface area (Å²) in [5, 5.41) is 0. The lowest BCUT2D eigenvalue weighted by Gasteiger charge is -2.32. The SMILES string of the molecule is CCN1C[C@]2(CC1=O)CN(C(C)=O)CCN(S(C)(=O)=O)C2. The number of nitrogens with zero attached hydrogens (tertiary/aromatic N) is 3. The highest BCUT2D eigenvalue weighted by Crippen LogP contribution is 2.35. The van der Waals surface area contributed by atoms with Gasteiger partial charge >= 0.3 is 0 Å². The lowest BCUT2D eigenvalue weighted by molar-refractivity contribution is -0.130. The Morgan fingerprint density at radius 2 is 1.90 bits per heavy atom. The van der Waals surface area contributed by atoms with Crippen LogP contribution in [-0.2, 0) is 19.6 Å². The van der Waals surface area contributed by atoms with Gasteiger partial charge in [0.25, 0.3) is 0 Å². The third-order valence-corrected chi connectivity index (χ3v) is 5.61. The Balaban J connectivity index is 2.32. The molecule has 0 aliphatic carbocycles. The van der Waals surface area contributed by atoms with Gasteiger partial charge in [0.05, 0.1) is 6.26 Å². The lowest BCUT2D eigenvalue weighted by atomic mass is 9.86. The fourth-order valence-electron chi connectivity index (χ4n) is 3.25. The molecule has 2 saturated heterocycles. The summed E-state index contributed by atoms with van der Waals surface area (Å²) in [6, 6.07) is 0. The van der Waals surface area contributed by atoms with Crippen LogP contribution in [0.3, 0.4) is 0 Å². The van der Waals surface area contributed by atoms with Gasteiger partial charge in [-0.25, -0.2) is 8.42 Å². The van der Waals surface area contributed by atoms with E-state index < -0.39 is 15.4 Å². The molecule has 2 heterocycles. The maximum atomic E-state index is 12.1. The fourth-order valence-corrected chi connectivity index (χ4v) is 4.17. The summed E-state index contributed by atoms with van der Waals surface area (Å²) in [5.41, 5.74) is -0.488. The molecule has 0 saturated carbocycles. The van der Waals surface area contributed by atoms with Gasteiger partial charge in [0.1, 0.15) is 0 Å². The lowest BCUT2D eigenvalue weighted by Crippen LogP contribution is -2.44. The maximum absolute atomic E-state index is 12.1. The van der Waals surface area contributed by atoms with E-state index in [2.05, 4.69) is 0 Å². The summed E-state index contributed by atoms with van der Waals surface area (Å²) in [6.45, 7) is 5.93. The third kappa shape index (κ3) is 3.37. The second kappa shape index (κ2) is 5.57. The first kappa shape index (κ1) is 16.2. The summed E-state index contributed by atoms with van der Waals surface area (Å²) >= 11 is 0. The van der Waals surface area contributed by atoms with Crippen LogP contribution in [0.2, 0.25) is 0 Å². The van der Waals surface area contributed by atoms with Crippen LogP contribution in [0.4, 0.5) is 0 Å². The Morgan fingerprint density at radius 3 is 2.38 bits per heavy atom. The topological polar surface area (TPSA) is 78.0 Å². The number of amides is 2. The van der Waals surface area contributed by atoms with Crippen molar-refractivity contribution in [1.82, 2.24) is 14.1 Å². The van der Waals surface area contributed by atoms with Crippen molar-refractivity contribution in [3.63, 3.8) is 0 Å². The standard InChI is InChI=1S/C13H23N3O4S/c1-4-14-8-13(7-12(14)18)9-15(11(2)17)5-6-16(10-13)21(3,19)20/h4-10H2,1-3H3/t13-/m1/s1. The van der Waals surface area contributed by atoms with E-state index in [1.54, 1.807) is 9.80 Å². The van der Waals surface area contributed by atoms with Crippen molar-refractivity contribution in [3.8, 4) is 0 Å². The average Bonchev–Trinajstić information content (AvgIpc) is 2.55. The molecule has 0 aromatic carbocycles. The second-order valence-electron chi connectivity index (χ2n) is 6.12. The quantitative estimate of drug-likeness (QED) is 0.678. The van der Waals surface area contributed by atoms with Crippen LogP contribution in [0.25, 0.3) is 0 Å². The first-order chi connectivity index (χ1) is 9.67. The molecule has 0 bridgehead atoms. The van der Waals surface area contributed by atoms with Crippen LogP contribution in [0, 0.1) is 5.41 Å². The Hall–Kier alpha value is -1.15. The van der Waals surface area contributed by atoms with Gasteiger partial charge in [0, 0.05) is 58.0 Å². The molecule has 0 radical (unpaired) electrons. The predicted molar refractivity (Wildman–Crippen MR) is 78.0 cm³/mol. The van der Waals surface area contributed by atoms with Crippen molar-refractivity contribution in [2.75, 3.05) is 45.5 Å². The molecule has 1 atom stereocenters. The fraction of sp³-hybridized carbons (Fsp3) is 0.846. The molecule has 8 heteroatoms. The largest absolute Gasteiger partial charge is 0.342 e. The van der Waals surface area contributed by atoms with Crippen molar-refractivity contribution < 1.29 is 18.0 Å². The van der Waals surface area contributed by atoms with Crippen LogP contribution in [0.5, 0.6) is 0 Å². The summed E-state index contributed by atoms with van der Waals surface area (Å²) in [6.07, 6.45) is 1.48. The van der Waals surface area contributed by atoms with Crippen LogP contribution in [0.1, 0.15) is 20.3 Å². The number of hydrogen-bond donors (Lipinski definition) is 0. The molecule has 7 nitrogen and oxygen atoms in total. The Morgan fingerprint density at radius 1 is 1.24 bits per heavy atom. The zero-order valence-electron chi connectivity index (χ0n) is 12.8. The first-order valence-corrected chi connectivity index (χ1v) is 9.00. The summed E-state index contributed by atoms with van der Waals surface area (Å²) in [4.78, 5) is 27.2. The molecule has 0 N–H and O–H groups in total. The van der Waals surface area contributed by atoms with E-state index in [9.17, 15) is 18.0 Å². The van der Waals surface area contributed by atoms with E-state index >= 15 is 0 Å². The number of rotatable bonds is 2. The monoisotopic (exact) mass is 317 g/mol. The Labute approximate surface area is 125 Å². The Kier molecular flexibility index (Phi) is 4.30. The smallest absolute Gasteiger partial charge is 0.223 e. The number of hydrogen-bond acceptors (Lipinski definition) is 4. The third-order valence-electron chi connectivity index (χ3n) is 4.36. The number of carbonyl (C=O) groups is 2. The molecule has 0 aromatic rings. The van der Waals surface area contributed by atoms with E-state index in [1.807, 2.05) is 6.92 Å². The van der Waals surface area contributed by atoms with Crippen molar-refractivity contribution in [2.45, 2.75) is 20.3 Å². The molecular formula is C13H23N3O4S. The van der Waals surface area contributed by atoms with Crippen LogP contribution in [-0.4, -0.2) is 79.9 Å². The minimum Gasteiger partial charge on any atom is -0.342 e. The molecule has 2 aliphatic rings. The summed E-state index contributed by atoms with van der Waals surface area (Å²) in [5.74, 6) is -0.0384. The predicted octanol–water partition coefficient (Wildman–Crippen LogP) is -0.651. The molecule has 2 rings (SSSR count). The van der Waals surface area contributed by atoms with Crippen molar-refractivity contribution in [3.05, 3.63) is 0 Å². The highest BCUT2D eigenvalue weighted by Gasteiger charge is 2.47. The molecule has 2 fully saturated rings. The van der Waals surface area contributed by atoms with Gasteiger partial charge in [-0.2, -0.15) is 4.31 Å². The molecule has 2 amide bonds. The van der Waals surface area contributed by atoms with Crippen molar-refractivity contribution >= 4 is 21.8 Å². The molecular weight excluding hydrogens is 294 g/mol. The van der Waals surface area contributed by atoms with Gasteiger partial charge in [0.2, 0.25) is 21.8 Å². The molecule has 0 unspecified atom stereocenters. The first-order valence-electron chi connectivity index (χ1n) is 7.15. The van der Waals surface area contributed by atoms with E-state index in [-0.39, 0.29) is 11.8 Å². The van der Waals surface area contributed by atoms with Gasteiger partial charge in [0.15, 0.2) is 0 Å². The molecule has 21 heavy (non-hydrogen) atoms. The average molecular weight is 317 g/mol. The molecule has 120 valence electrons. The normalized spacial score (nSPS) is 28.2. The molecule has 0 aromatic heterocycles. The zero-order valence-corrected chi connectivity index (χ0v) is 13.6. The summed E-state index contributed by atoms with van der Waals surface area (Å²) < 4.78 is 25.2. The second-order valence-corrected chi connectivity index (χ2v) is 8.10. The highest BCUT2D eigenvalue weighted by atomic mass is 32.2. The number of sulfonamides is 1. The van der Waals surface area contributed by atoms with Crippen LogP contribution >= 0.6 is 0 Å². The minimum absolute atomic E-state index is 0.0383. The van der Waals surface area contributed by atoms with Crippen molar-refractivity contribution in [1.29, 1.82) is 0 Å². The van der Waals surface area contributed by atoms with E-state index in [0.29, 0.717) is 45.7 Å².